The molecule has 0 aliphatic rings. The number of carbonyl (C=O) groups excluding carboxylic acids is 2. The number of nitrogens with one attached hydrogen (secondary N) is 1. The standard InChI is InChI=1S/C10H18ClNO3/c1-7(11)5-8(13)6-12-9(14)15-10(2,3)4/h7H,5-6H2,1-4H3,(H,12,14). The second-order valence-electron chi connectivity index (χ2n) is 4.38. The summed E-state index contributed by atoms with van der Waals surface area (Å²) in [4.78, 5) is 22.3. The van der Waals surface area contributed by atoms with Crippen molar-refractivity contribution in [2.45, 2.75) is 45.1 Å². The molecule has 0 saturated heterocycles. The lowest BCUT2D eigenvalue weighted by Crippen LogP contribution is -2.35. The number of Topliss-reactive ketones (excluding diaryl/α,β-unsaturated/α-hetero) is 1. The minimum Gasteiger partial charge on any atom is -0.444 e. The lowest BCUT2D eigenvalue weighted by Gasteiger charge is -2.19. The lowest BCUT2D eigenvalue weighted by molar-refractivity contribution is -0.118. The molecule has 1 N–H and O–H groups in total. The van der Waals surface area contributed by atoms with Crippen LogP contribution in [0.25, 0.3) is 0 Å². The van der Waals surface area contributed by atoms with E-state index in [9.17, 15) is 9.59 Å². The minimum absolute atomic E-state index is 0.0357. The molecule has 15 heavy (non-hydrogen) atoms. The fourth-order valence-corrected chi connectivity index (χ4v) is 1.04. The van der Waals surface area contributed by atoms with Crippen LogP contribution >= 0.6 is 11.6 Å². The summed E-state index contributed by atoms with van der Waals surface area (Å²) < 4.78 is 4.96. The molecule has 0 aromatic heterocycles. The zero-order valence-corrected chi connectivity index (χ0v) is 10.4. The Labute approximate surface area is 95.3 Å². The summed E-state index contributed by atoms with van der Waals surface area (Å²) in [5.74, 6) is -0.108. The van der Waals surface area contributed by atoms with E-state index in [4.69, 9.17) is 16.3 Å². The number of hydrogen-bond acceptors (Lipinski definition) is 3. The highest BCUT2D eigenvalue weighted by atomic mass is 35.5. The molecule has 0 bridgehead atoms. The summed E-state index contributed by atoms with van der Waals surface area (Å²) >= 11 is 5.63. The van der Waals surface area contributed by atoms with Crippen molar-refractivity contribution in [1.29, 1.82) is 0 Å². The van der Waals surface area contributed by atoms with E-state index in [2.05, 4.69) is 5.32 Å². The molecule has 0 heterocycles. The zero-order valence-electron chi connectivity index (χ0n) is 9.59. The van der Waals surface area contributed by atoms with Crippen LogP contribution in [0.15, 0.2) is 0 Å². The van der Waals surface area contributed by atoms with Crippen molar-refractivity contribution >= 4 is 23.5 Å². The summed E-state index contributed by atoms with van der Waals surface area (Å²) in [6.07, 6.45) is -0.338. The van der Waals surface area contributed by atoms with Crippen LogP contribution in [0.4, 0.5) is 4.79 Å². The van der Waals surface area contributed by atoms with E-state index in [-0.39, 0.29) is 24.1 Å². The average Bonchev–Trinajstić information content (AvgIpc) is 1.96. The van der Waals surface area contributed by atoms with Gasteiger partial charge in [-0.1, -0.05) is 0 Å². The van der Waals surface area contributed by atoms with Gasteiger partial charge in [-0.25, -0.2) is 4.79 Å². The number of alkyl halides is 1. The largest absolute Gasteiger partial charge is 0.444 e. The Kier molecular flexibility index (Phi) is 5.65. The molecule has 5 heteroatoms. The molecule has 0 saturated carbocycles. The Morgan fingerprint density at radius 2 is 1.93 bits per heavy atom. The van der Waals surface area contributed by atoms with E-state index in [1.165, 1.54) is 0 Å². The third kappa shape index (κ3) is 9.53. The van der Waals surface area contributed by atoms with Gasteiger partial charge in [-0.2, -0.15) is 0 Å². The monoisotopic (exact) mass is 235 g/mol. The Morgan fingerprint density at radius 3 is 2.33 bits per heavy atom. The maximum atomic E-state index is 11.2. The first-order valence-corrected chi connectivity index (χ1v) is 5.27. The lowest BCUT2D eigenvalue weighted by atomic mass is 10.2. The normalized spacial score (nSPS) is 13.1. The van der Waals surface area contributed by atoms with Gasteiger partial charge in [0.25, 0.3) is 0 Å². The van der Waals surface area contributed by atoms with E-state index in [1.54, 1.807) is 27.7 Å². The van der Waals surface area contributed by atoms with Gasteiger partial charge >= 0.3 is 6.09 Å². The quantitative estimate of drug-likeness (QED) is 0.760. The zero-order chi connectivity index (χ0) is 12.1. The topological polar surface area (TPSA) is 55.4 Å². The Bertz CT molecular complexity index is 233. The number of carbonyl (C=O) groups is 2. The van der Waals surface area contributed by atoms with Gasteiger partial charge in [-0.3, -0.25) is 4.79 Å². The smallest absolute Gasteiger partial charge is 0.408 e. The number of ether oxygens (including phenoxy) is 1. The molecule has 0 rings (SSSR count). The number of amides is 1. The third-order valence-electron chi connectivity index (χ3n) is 1.34. The van der Waals surface area contributed by atoms with Crippen molar-refractivity contribution < 1.29 is 14.3 Å². The highest BCUT2D eigenvalue weighted by Crippen LogP contribution is 2.06. The van der Waals surface area contributed by atoms with E-state index in [0.29, 0.717) is 0 Å². The van der Waals surface area contributed by atoms with Gasteiger partial charge in [0, 0.05) is 11.8 Å². The molecule has 0 aromatic rings. The number of hydrogen-bond donors (Lipinski definition) is 1. The van der Waals surface area contributed by atoms with Gasteiger partial charge in [0.1, 0.15) is 5.60 Å². The van der Waals surface area contributed by atoms with Crippen LogP contribution < -0.4 is 5.32 Å². The van der Waals surface area contributed by atoms with E-state index in [1.807, 2.05) is 0 Å². The molecule has 0 fully saturated rings. The molecular weight excluding hydrogens is 218 g/mol. The predicted molar refractivity (Wildman–Crippen MR) is 59.2 cm³/mol. The van der Waals surface area contributed by atoms with Crippen molar-refractivity contribution in [3.05, 3.63) is 0 Å². The van der Waals surface area contributed by atoms with Crippen molar-refractivity contribution in [2.24, 2.45) is 0 Å². The Morgan fingerprint density at radius 1 is 1.40 bits per heavy atom. The fraction of sp³-hybridized carbons (Fsp3) is 0.800. The molecule has 0 spiro atoms. The van der Waals surface area contributed by atoms with E-state index < -0.39 is 11.7 Å². The number of ketones is 1. The third-order valence-corrected chi connectivity index (χ3v) is 1.49. The second-order valence-corrected chi connectivity index (χ2v) is 5.12. The molecule has 88 valence electrons. The van der Waals surface area contributed by atoms with Gasteiger partial charge < -0.3 is 10.1 Å². The van der Waals surface area contributed by atoms with Crippen LogP contribution in [0.1, 0.15) is 34.1 Å². The molecule has 0 aliphatic heterocycles. The van der Waals surface area contributed by atoms with E-state index >= 15 is 0 Å². The summed E-state index contributed by atoms with van der Waals surface area (Å²) in [6.45, 7) is 6.97. The summed E-state index contributed by atoms with van der Waals surface area (Å²) in [5.41, 5.74) is -0.549. The first kappa shape index (κ1) is 14.2. The highest BCUT2D eigenvalue weighted by molar-refractivity contribution is 6.21. The van der Waals surface area contributed by atoms with Gasteiger partial charge in [-0.15, -0.1) is 11.6 Å². The summed E-state index contributed by atoms with van der Waals surface area (Å²) in [5, 5.41) is 2.16. The first-order chi connectivity index (χ1) is 6.70. The van der Waals surface area contributed by atoms with Crippen LogP contribution in [-0.2, 0) is 9.53 Å². The van der Waals surface area contributed by atoms with Gasteiger partial charge in [0.05, 0.1) is 6.54 Å². The summed E-state index contributed by atoms with van der Waals surface area (Å²) in [6, 6.07) is 0. The highest BCUT2D eigenvalue weighted by Gasteiger charge is 2.16. The predicted octanol–water partition coefficient (Wildman–Crippen LogP) is 2.10. The fourth-order valence-electron chi connectivity index (χ4n) is 0.871. The van der Waals surface area contributed by atoms with E-state index in [0.717, 1.165) is 0 Å². The van der Waals surface area contributed by atoms with Crippen LogP contribution in [0, 0.1) is 0 Å². The molecule has 1 amide bonds. The first-order valence-electron chi connectivity index (χ1n) is 4.83. The van der Waals surface area contributed by atoms with Crippen molar-refractivity contribution in [1.82, 2.24) is 5.32 Å². The Balaban J connectivity index is 3.77. The molecule has 4 nitrogen and oxygen atoms in total. The molecule has 0 radical (unpaired) electrons. The maximum absolute atomic E-state index is 11.2. The molecular formula is C10H18ClNO3. The summed E-state index contributed by atoms with van der Waals surface area (Å²) in [7, 11) is 0. The molecule has 0 aromatic carbocycles. The van der Waals surface area contributed by atoms with Gasteiger partial charge in [-0.05, 0) is 27.7 Å². The number of halogens is 1. The minimum atomic E-state index is -0.585. The molecule has 1 unspecified atom stereocenters. The van der Waals surface area contributed by atoms with Gasteiger partial charge in [0.15, 0.2) is 5.78 Å². The number of rotatable bonds is 4. The van der Waals surface area contributed by atoms with Crippen LogP contribution in [0.3, 0.4) is 0 Å². The van der Waals surface area contributed by atoms with Crippen molar-refractivity contribution in [3.63, 3.8) is 0 Å². The van der Waals surface area contributed by atoms with Crippen LogP contribution in [-0.4, -0.2) is 29.4 Å². The molecule has 0 aliphatic carbocycles. The Hall–Kier alpha value is -0.770. The SMILES string of the molecule is CC(Cl)CC(=O)CNC(=O)OC(C)(C)C. The van der Waals surface area contributed by atoms with Gasteiger partial charge in [0.2, 0.25) is 0 Å². The second kappa shape index (κ2) is 5.95. The van der Waals surface area contributed by atoms with Crippen molar-refractivity contribution in [2.75, 3.05) is 6.54 Å². The average molecular weight is 236 g/mol. The van der Waals surface area contributed by atoms with Crippen LogP contribution in [0.2, 0.25) is 0 Å². The van der Waals surface area contributed by atoms with Crippen LogP contribution in [0.5, 0.6) is 0 Å². The maximum Gasteiger partial charge on any atom is 0.408 e. The number of alkyl carbamates (subject to hydrolysis) is 1. The van der Waals surface area contributed by atoms with Crippen molar-refractivity contribution in [3.8, 4) is 0 Å². The molecule has 1 atom stereocenters.